The Bertz CT molecular complexity index is 385. The molecule has 0 aliphatic carbocycles. The molecule has 1 atom stereocenters. The molecular weight excluding hydrogens is 203 g/mol. The van der Waals surface area contributed by atoms with Crippen molar-refractivity contribution in [1.82, 2.24) is 0 Å². The van der Waals surface area contributed by atoms with Crippen LogP contribution < -0.4 is 0 Å². The van der Waals surface area contributed by atoms with Gasteiger partial charge in [0.05, 0.1) is 4.90 Å². The van der Waals surface area contributed by atoms with E-state index in [1.165, 1.54) is 0 Å². The molecule has 0 saturated heterocycles. The van der Waals surface area contributed by atoms with Crippen molar-refractivity contribution in [2.75, 3.05) is 0 Å². The molecule has 0 bridgehead atoms. The van der Waals surface area contributed by atoms with E-state index in [-0.39, 0.29) is 4.90 Å². The van der Waals surface area contributed by atoms with E-state index in [9.17, 15) is 17.4 Å². The maximum Gasteiger partial charge on any atom is 0.323 e. The molecule has 1 aromatic rings. The lowest BCUT2D eigenvalue weighted by atomic mass is 10.4. The van der Waals surface area contributed by atoms with E-state index < -0.39 is 21.3 Å². The Morgan fingerprint density at radius 3 is 2.08 bits per heavy atom. The zero-order chi connectivity index (χ0) is 10.1. The highest BCUT2D eigenvalue weighted by Gasteiger charge is 2.21. The number of alkyl halides is 2. The standard InChI is InChI=1S/C7H6F3NOS/c8-5-1-3-6(4-2-5)13(11,12)7(9)10/h1-4,7,11H. The van der Waals surface area contributed by atoms with Gasteiger partial charge in [0.25, 0.3) is 0 Å². The van der Waals surface area contributed by atoms with Gasteiger partial charge in [0.1, 0.15) is 15.5 Å². The third-order valence-electron chi connectivity index (χ3n) is 1.41. The third-order valence-corrected chi connectivity index (χ3v) is 2.89. The molecule has 0 radical (unpaired) electrons. The van der Waals surface area contributed by atoms with Gasteiger partial charge in [0.15, 0.2) is 0 Å². The second kappa shape index (κ2) is 3.37. The van der Waals surface area contributed by atoms with E-state index >= 15 is 0 Å². The summed E-state index contributed by atoms with van der Waals surface area (Å²) in [5, 5.41) is 0. The Hall–Kier alpha value is -1.04. The van der Waals surface area contributed by atoms with Gasteiger partial charge in [0, 0.05) is 0 Å². The topological polar surface area (TPSA) is 40.9 Å². The maximum atomic E-state index is 12.3. The van der Waals surface area contributed by atoms with Crippen molar-refractivity contribution in [2.24, 2.45) is 0 Å². The van der Waals surface area contributed by atoms with Gasteiger partial charge in [-0.05, 0) is 24.3 Å². The summed E-state index contributed by atoms with van der Waals surface area (Å²) >= 11 is 0. The van der Waals surface area contributed by atoms with Gasteiger partial charge in [0.2, 0.25) is 0 Å². The van der Waals surface area contributed by atoms with Crippen molar-refractivity contribution in [3.8, 4) is 0 Å². The molecule has 1 unspecified atom stereocenters. The van der Waals surface area contributed by atoms with Crippen LogP contribution in [0.3, 0.4) is 0 Å². The fourth-order valence-electron chi connectivity index (χ4n) is 0.740. The number of hydrogen-bond donors (Lipinski definition) is 1. The van der Waals surface area contributed by atoms with Crippen molar-refractivity contribution in [1.29, 1.82) is 4.78 Å². The highest BCUT2D eigenvalue weighted by Crippen LogP contribution is 2.18. The second-order valence-electron chi connectivity index (χ2n) is 2.32. The normalized spacial score (nSPS) is 15.7. The maximum absolute atomic E-state index is 12.3. The number of halogens is 3. The molecule has 72 valence electrons. The Balaban J connectivity index is 3.17. The van der Waals surface area contributed by atoms with Crippen LogP contribution in [0.15, 0.2) is 29.2 Å². The minimum absolute atomic E-state index is 0.357. The van der Waals surface area contributed by atoms with Crippen LogP contribution in [0.4, 0.5) is 13.2 Å². The van der Waals surface area contributed by atoms with Crippen LogP contribution in [-0.4, -0.2) is 9.97 Å². The van der Waals surface area contributed by atoms with E-state index in [1.54, 1.807) is 0 Å². The van der Waals surface area contributed by atoms with Crippen molar-refractivity contribution in [3.63, 3.8) is 0 Å². The summed E-state index contributed by atoms with van der Waals surface area (Å²) in [4.78, 5) is -0.357. The zero-order valence-corrected chi connectivity index (χ0v) is 7.15. The highest BCUT2D eigenvalue weighted by atomic mass is 32.2. The van der Waals surface area contributed by atoms with Crippen LogP contribution in [0.1, 0.15) is 0 Å². The molecule has 2 nitrogen and oxygen atoms in total. The first-order valence-electron chi connectivity index (χ1n) is 3.26. The first-order chi connectivity index (χ1) is 5.94. The molecule has 1 N–H and O–H groups in total. The molecule has 1 aromatic carbocycles. The summed E-state index contributed by atoms with van der Waals surface area (Å²) < 4.78 is 54.3. The highest BCUT2D eigenvalue weighted by molar-refractivity contribution is 7.92. The molecule has 0 aromatic heterocycles. The quantitative estimate of drug-likeness (QED) is 0.798. The molecular formula is C7H6F3NOS. The lowest BCUT2D eigenvalue weighted by molar-refractivity contribution is 0.241. The summed E-state index contributed by atoms with van der Waals surface area (Å²) in [6.07, 6.45) is 0. The molecule has 13 heavy (non-hydrogen) atoms. The van der Waals surface area contributed by atoms with E-state index in [0.29, 0.717) is 0 Å². The average Bonchev–Trinajstić information content (AvgIpc) is 2.04. The smallest absolute Gasteiger partial charge is 0.244 e. The van der Waals surface area contributed by atoms with Crippen LogP contribution in [0.5, 0.6) is 0 Å². The van der Waals surface area contributed by atoms with E-state index in [1.807, 2.05) is 0 Å². The van der Waals surface area contributed by atoms with E-state index in [4.69, 9.17) is 4.78 Å². The SMILES string of the molecule is N=S(=O)(c1ccc(F)cc1)C(F)F. The summed E-state index contributed by atoms with van der Waals surface area (Å²) in [5.41, 5.74) is 0. The predicted molar refractivity (Wildman–Crippen MR) is 41.5 cm³/mol. The Morgan fingerprint density at radius 1 is 1.23 bits per heavy atom. The largest absolute Gasteiger partial charge is 0.323 e. The number of rotatable bonds is 2. The van der Waals surface area contributed by atoms with Crippen molar-refractivity contribution in [3.05, 3.63) is 30.1 Å². The van der Waals surface area contributed by atoms with Gasteiger partial charge < -0.3 is 0 Å². The van der Waals surface area contributed by atoms with Crippen molar-refractivity contribution < 1.29 is 17.4 Å². The van der Waals surface area contributed by atoms with Crippen LogP contribution in [0.25, 0.3) is 0 Å². The Kier molecular flexibility index (Phi) is 2.60. The molecule has 0 saturated carbocycles. The summed E-state index contributed by atoms with van der Waals surface area (Å²) in [5.74, 6) is -3.87. The summed E-state index contributed by atoms with van der Waals surface area (Å²) in [7, 11) is -4.09. The molecule has 0 heterocycles. The van der Waals surface area contributed by atoms with Gasteiger partial charge in [-0.1, -0.05) is 0 Å². The van der Waals surface area contributed by atoms with Gasteiger partial charge in [-0.2, -0.15) is 8.78 Å². The van der Waals surface area contributed by atoms with Gasteiger partial charge >= 0.3 is 5.76 Å². The molecule has 0 fully saturated rings. The van der Waals surface area contributed by atoms with E-state index in [2.05, 4.69) is 0 Å². The van der Waals surface area contributed by atoms with Gasteiger partial charge in [-0.15, -0.1) is 0 Å². The molecule has 0 amide bonds. The Labute approximate surface area is 73.4 Å². The summed E-state index contributed by atoms with van der Waals surface area (Å²) in [6, 6.07) is 3.64. The molecule has 0 aliphatic rings. The first-order valence-corrected chi connectivity index (χ1v) is 4.88. The van der Waals surface area contributed by atoms with Crippen LogP contribution >= 0.6 is 0 Å². The van der Waals surface area contributed by atoms with E-state index in [0.717, 1.165) is 24.3 Å². The fourth-order valence-corrected chi connectivity index (χ4v) is 1.49. The van der Waals surface area contributed by atoms with Gasteiger partial charge in [-0.3, -0.25) is 0 Å². The third kappa shape index (κ3) is 2.00. The fraction of sp³-hybridized carbons (Fsp3) is 0.143. The minimum atomic E-state index is -4.09. The zero-order valence-electron chi connectivity index (χ0n) is 6.34. The molecule has 1 rings (SSSR count). The number of nitrogens with one attached hydrogen (secondary N) is 1. The van der Waals surface area contributed by atoms with Crippen LogP contribution in [0.2, 0.25) is 0 Å². The summed E-state index contributed by atoms with van der Waals surface area (Å²) in [6.45, 7) is 0. The predicted octanol–water partition coefficient (Wildman–Crippen LogP) is 2.45. The minimum Gasteiger partial charge on any atom is -0.244 e. The number of benzene rings is 1. The lowest BCUT2D eigenvalue weighted by Crippen LogP contribution is -2.09. The average molecular weight is 209 g/mol. The van der Waals surface area contributed by atoms with Crippen LogP contribution in [-0.2, 0) is 9.73 Å². The Morgan fingerprint density at radius 2 is 1.69 bits per heavy atom. The monoisotopic (exact) mass is 209 g/mol. The molecule has 6 heteroatoms. The van der Waals surface area contributed by atoms with Crippen LogP contribution in [0, 0.1) is 10.6 Å². The number of hydrogen-bond acceptors (Lipinski definition) is 2. The second-order valence-corrected chi connectivity index (χ2v) is 4.34. The lowest BCUT2D eigenvalue weighted by Gasteiger charge is -2.04. The molecule has 0 aliphatic heterocycles. The van der Waals surface area contributed by atoms with Gasteiger partial charge in [-0.25, -0.2) is 13.4 Å². The molecule has 0 spiro atoms. The van der Waals surface area contributed by atoms with Crippen molar-refractivity contribution in [2.45, 2.75) is 10.7 Å². The first kappa shape index (κ1) is 10.0. The van der Waals surface area contributed by atoms with Crippen molar-refractivity contribution >= 4 is 9.73 Å².